The first kappa shape index (κ1) is 13.1. The first-order valence-electron chi connectivity index (χ1n) is 5.17. The Kier molecular flexibility index (Phi) is 4.44. The van der Waals surface area contributed by atoms with Gasteiger partial charge in [0.2, 0.25) is 0 Å². The Labute approximate surface area is 101 Å². The average Bonchev–Trinajstić information content (AvgIpc) is 2.30. The van der Waals surface area contributed by atoms with Crippen LogP contribution >= 0.6 is 11.6 Å². The minimum atomic E-state index is 0.183. The number of nitrogens with two attached hydrogens (primary N) is 1. The van der Waals surface area contributed by atoms with Gasteiger partial charge in [-0.05, 0) is 24.9 Å². The number of benzene rings is 1. The van der Waals surface area contributed by atoms with Gasteiger partial charge in [0.15, 0.2) is 11.5 Å². The summed E-state index contributed by atoms with van der Waals surface area (Å²) in [4.78, 5) is 0. The van der Waals surface area contributed by atoms with Crippen molar-refractivity contribution >= 4 is 11.6 Å². The van der Waals surface area contributed by atoms with E-state index in [2.05, 4.69) is 0 Å². The number of ether oxygens (including phenoxy) is 2. The van der Waals surface area contributed by atoms with Crippen molar-refractivity contribution in [2.24, 2.45) is 5.73 Å². The molecule has 0 fully saturated rings. The summed E-state index contributed by atoms with van der Waals surface area (Å²) in [7, 11) is 3.22. The third kappa shape index (κ3) is 2.25. The van der Waals surface area contributed by atoms with Crippen LogP contribution in [0, 0.1) is 6.92 Å². The first-order valence-corrected chi connectivity index (χ1v) is 5.55. The van der Waals surface area contributed by atoms with Crippen LogP contribution in [-0.4, -0.2) is 20.8 Å². The molecule has 0 aliphatic rings. The molecule has 1 unspecified atom stereocenters. The molecule has 0 radical (unpaired) electrons. The zero-order valence-corrected chi connectivity index (χ0v) is 10.9. The minimum Gasteiger partial charge on any atom is -0.493 e. The Morgan fingerprint density at radius 3 is 2.44 bits per heavy atom. The zero-order valence-electron chi connectivity index (χ0n) is 10.1. The molecular formula is C12H18ClNO2. The third-order valence-electron chi connectivity index (χ3n) is 2.76. The van der Waals surface area contributed by atoms with Gasteiger partial charge in [-0.1, -0.05) is 18.5 Å². The van der Waals surface area contributed by atoms with E-state index in [4.69, 9.17) is 26.8 Å². The van der Waals surface area contributed by atoms with Crippen LogP contribution in [0.15, 0.2) is 6.07 Å². The fourth-order valence-corrected chi connectivity index (χ4v) is 1.99. The molecule has 0 bridgehead atoms. The van der Waals surface area contributed by atoms with Gasteiger partial charge in [-0.2, -0.15) is 0 Å². The lowest BCUT2D eigenvalue weighted by molar-refractivity contribution is 0.349. The van der Waals surface area contributed by atoms with Gasteiger partial charge in [0.05, 0.1) is 14.2 Å². The highest BCUT2D eigenvalue weighted by molar-refractivity contribution is 6.31. The largest absolute Gasteiger partial charge is 0.493 e. The Morgan fingerprint density at radius 1 is 1.38 bits per heavy atom. The molecule has 0 aliphatic heterocycles. The lowest BCUT2D eigenvalue weighted by Crippen LogP contribution is -2.12. The van der Waals surface area contributed by atoms with Crippen molar-refractivity contribution in [2.75, 3.05) is 20.8 Å². The summed E-state index contributed by atoms with van der Waals surface area (Å²) in [6.45, 7) is 4.55. The maximum Gasteiger partial charge on any atom is 0.164 e. The van der Waals surface area contributed by atoms with Gasteiger partial charge in [0.1, 0.15) is 0 Å². The maximum absolute atomic E-state index is 6.15. The molecule has 2 N–H and O–H groups in total. The maximum atomic E-state index is 6.15. The smallest absolute Gasteiger partial charge is 0.164 e. The fraction of sp³-hybridized carbons (Fsp3) is 0.500. The van der Waals surface area contributed by atoms with Crippen LogP contribution in [0.3, 0.4) is 0 Å². The monoisotopic (exact) mass is 243 g/mol. The Morgan fingerprint density at radius 2 is 2.00 bits per heavy atom. The van der Waals surface area contributed by atoms with Gasteiger partial charge in [0.25, 0.3) is 0 Å². The number of rotatable bonds is 4. The van der Waals surface area contributed by atoms with Crippen LogP contribution in [0.25, 0.3) is 0 Å². The average molecular weight is 244 g/mol. The molecule has 0 aliphatic carbocycles. The van der Waals surface area contributed by atoms with Crippen molar-refractivity contribution in [3.05, 3.63) is 22.2 Å². The lowest BCUT2D eigenvalue weighted by Gasteiger charge is -2.20. The number of hydrogen-bond donors (Lipinski definition) is 1. The quantitative estimate of drug-likeness (QED) is 0.885. The summed E-state index contributed by atoms with van der Waals surface area (Å²) in [5.74, 6) is 1.55. The van der Waals surface area contributed by atoms with Crippen LogP contribution in [0.1, 0.15) is 24.0 Å². The minimum absolute atomic E-state index is 0.183. The molecular weight excluding hydrogens is 226 g/mol. The molecule has 0 saturated heterocycles. The van der Waals surface area contributed by atoms with E-state index in [0.717, 1.165) is 16.9 Å². The fourth-order valence-electron chi connectivity index (χ4n) is 1.79. The number of hydrogen-bond acceptors (Lipinski definition) is 3. The van der Waals surface area contributed by atoms with E-state index >= 15 is 0 Å². The first-order chi connectivity index (χ1) is 7.56. The van der Waals surface area contributed by atoms with Crippen molar-refractivity contribution in [1.29, 1.82) is 0 Å². The predicted octanol–water partition coefficient (Wildman–Crippen LogP) is 2.73. The van der Waals surface area contributed by atoms with Crippen molar-refractivity contribution in [2.45, 2.75) is 19.8 Å². The summed E-state index contributed by atoms with van der Waals surface area (Å²) >= 11 is 6.15. The summed E-state index contributed by atoms with van der Waals surface area (Å²) in [5, 5.41) is 0.674. The Bertz CT molecular complexity index is 380. The van der Waals surface area contributed by atoms with E-state index in [9.17, 15) is 0 Å². The van der Waals surface area contributed by atoms with E-state index in [1.165, 1.54) is 0 Å². The summed E-state index contributed by atoms with van der Waals surface area (Å²) in [5.41, 5.74) is 7.72. The van der Waals surface area contributed by atoms with Crippen LogP contribution in [0.5, 0.6) is 11.5 Å². The SMILES string of the molecule is COc1cc(Cl)c(C)c(C(C)CN)c1OC. The van der Waals surface area contributed by atoms with Crippen molar-refractivity contribution in [3.8, 4) is 11.5 Å². The molecule has 1 aromatic rings. The van der Waals surface area contributed by atoms with E-state index in [1.54, 1.807) is 20.3 Å². The van der Waals surface area contributed by atoms with Crippen LogP contribution < -0.4 is 15.2 Å². The van der Waals surface area contributed by atoms with Crippen LogP contribution in [0.4, 0.5) is 0 Å². The highest BCUT2D eigenvalue weighted by Crippen LogP contribution is 2.41. The lowest BCUT2D eigenvalue weighted by atomic mass is 9.95. The van der Waals surface area contributed by atoms with Gasteiger partial charge in [-0.3, -0.25) is 0 Å². The topological polar surface area (TPSA) is 44.5 Å². The molecule has 90 valence electrons. The second-order valence-electron chi connectivity index (χ2n) is 3.77. The summed E-state index contributed by atoms with van der Waals surface area (Å²) < 4.78 is 10.6. The van der Waals surface area contributed by atoms with Crippen molar-refractivity contribution in [1.82, 2.24) is 0 Å². The van der Waals surface area contributed by atoms with Crippen LogP contribution in [0.2, 0.25) is 5.02 Å². The molecule has 4 heteroatoms. The van der Waals surface area contributed by atoms with Gasteiger partial charge in [-0.25, -0.2) is 0 Å². The van der Waals surface area contributed by atoms with E-state index in [1.807, 2.05) is 13.8 Å². The predicted molar refractivity (Wildman–Crippen MR) is 66.8 cm³/mol. The highest BCUT2D eigenvalue weighted by Gasteiger charge is 2.19. The highest BCUT2D eigenvalue weighted by atomic mass is 35.5. The van der Waals surface area contributed by atoms with E-state index < -0.39 is 0 Å². The van der Waals surface area contributed by atoms with E-state index in [0.29, 0.717) is 17.3 Å². The molecule has 0 heterocycles. The standard InChI is InChI=1S/C12H18ClNO2/c1-7(6-14)11-8(2)9(13)5-10(15-3)12(11)16-4/h5,7H,6,14H2,1-4H3. The van der Waals surface area contributed by atoms with Gasteiger partial charge >= 0.3 is 0 Å². The van der Waals surface area contributed by atoms with E-state index in [-0.39, 0.29) is 5.92 Å². The number of halogens is 1. The molecule has 1 atom stereocenters. The molecule has 1 rings (SSSR count). The molecule has 0 spiro atoms. The van der Waals surface area contributed by atoms with Gasteiger partial charge < -0.3 is 15.2 Å². The summed E-state index contributed by atoms with van der Waals surface area (Å²) in [6.07, 6.45) is 0. The molecule has 16 heavy (non-hydrogen) atoms. The Hall–Kier alpha value is -0.930. The number of methoxy groups -OCH3 is 2. The second kappa shape index (κ2) is 5.41. The van der Waals surface area contributed by atoms with Crippen molar-refractivity contribution in [3.63, 3.8) is 0 Å². The molecule has 3 nitrogen and oxygen atoms in total. The van der Waals surface area contributed by atoms with Gasteiger partial charge in [-0.15, -0.1) is 0 Å². The normalized spacial score (nSPS) is 12.4. The summed E-state index contributed by atoms with van der Waals surface area (Å²) in [6, 6.07) is 1.77. The molecule has 0 aromatic heterocycles. The van der Waals surface area contributed by atoms with Gasteiger partial charge in [0, 0.05) is 16.7 Å². The zero-order chi connectivity index (χ0) is 12.3. The second-order valence-corrected chi connectivity index (χ2v) is 4.18. The Balaban J connectivity index is 3.46. The van der Waals surface area contributed by atoms with Crippen LogP contribution in [-0.2, 0) is 0 Å². The molecule has 0 saturated carbocycles. The molecule has 1 aromatic carbocycles. The third-order valence-corrected chi connectivity index (χ3v) is 3.15. The van der Waals surface area contributed by atoms with Crippen molar-refractivity contribution < 1.29 is 9.47 Å². The molecule has 0 amide bonds.